The molecule has 0 heterocycles. The summed E-state index contributed by atoms with van der Waals surface area (Å²) < 4.78 is 0.742. The zero-order chi connectivity index (χ0) is 14.6. The van der Waals surface area contributed by atoms with E-state index >= 15 is 0 Å². The van der Waals surface area contributed by atoms with E-state index in [1.807, 2.05) is 19.1 Å². The molecule has 0 saturated carbocycles. The highest BCUT2D eigenvalue weighted by molar-refractivity contribution is 9.10. The summed E-state index contributed by atoms with van der Waals surface area (Å²) in [5, 5.41) is 14.4. The molecule has 104 valence electrons. The van der Waals surface area contributed by atoms with Crippen molar-refractivity contribution in [2.75, 3.05) is 6.54 Å². The van der Waals surface area contributed by atoms with Crippen molar-refractivity contribution in [1.82, 2.24) is 5.32 Å². The lowest BCUT2D eigenvalue weighted by Gasteiger charge is -2.23. The Kier molecular flexibility index (Phi) is 4.94. The van der Waals surface area contributed by atoms with E-state index in [1.54, 1.807) is 19.9 Å². The normalized spacial score (nSPS) is 12.3. The molecule has 1 rings (SSSR count). The second-order valence-corrected chi connectivity index (χ2v) is 5.89. The zero-order valence-electron chi connectivity index (χ0n) is 11.2. The fourth-order valence-electron chi connectivity index (χ4n) is 1.43. The van der Waals surface area contributed by atoms with E-state index in [2.05, 4.69) is 26.4 Å². The fraction of sp³-hybridized carbons (Fsp3) is 0.385. The fourth-order valence-corrected chi connectivity index (χ4v) is 2.10. The van der Waals surface area contributed by atoms with Gasteiger partial charge in [0, 0.05) is 16.4 Å². The van der Waals surface area contributed by atoms with E-state index in [9.17, 15) is 4.79 Å². The van der Waals surface area contributed by atoms with Crippen LogP contribution >= 0.6 is 15.9 Å². The first-order valence-electron chi connectivity index (χ1n) is 5.80. The predicted molar refractivity (Wildman–Crippen MR) is 78.4 cm³/mol. The van der Waals surface area contributed by atoms with E-state index in [1.165, 1.54) is 0 Å². The molecule has 1 aromatic rings. The van der Waals surface area contributed by atoms with Crippen molar-refractivity contribution in [1.29, 1.82) is 0 Å². The summed E-state index contributed by atoms with van der Waals surface area (Å²) >= 11 is 3.36. The summed E-state index contributed by atoms with van der Waals surface area (Å²) in [6, 6.07) is 5.50. The van der Waals surface area contributed by atoms with Crippen LogP contribution < -0.4 is 11.1 Å². The molecule has 0 aliphatic rings. The van der Waals surface area contributed by atoms with Gasteiger partial charge in [-0.25, -0.2) is 0 Å². The van der Waals surface area contributed by atoms with Crippen molar-refractivity contribution >= 4 is 27.7 Å². The molecular formula is C13H18BrN3O2. The molecule has 5 nitrogen and oxygen atoms in total. The average Bonchev–Trinajstić information content (AvgIpc) is 2.35. The standard InChI is InChI=1S/C13H18BrN3O2/c1-8-4-5-9(10(14)6-8)11(18)16-7-13(2,3)12(15)17-19/h4-6,19H,7H2,1-3H3,(H2,15,17)(H,16,18). The third-order valence-electron chi connectivity index (χ3n) is 2.86. The van der Waals surface area contributed by atoms with Gasteiger partial charge in [0.1, 0.15) is 5.84 Å². The summed E-state index contributed by atoms with van der Waals surface area (Å²) in [5.41, 5.74) is 6.58. The molecule has 6 heteroatoms. The average molecular weight is 328 g/mol. The largest absolute Gasteiger partial charge is 0.409 e. The first kappa shape index (κ1) is 15.5. The van der Waals surface area contributed by atoms with Crippen LogP contribution in [0.2, 0.25) is 0 Å². The summed E-state index contributed by atoms with van der Waals surface area (Å²) in [5.74, 6) is -0.124. The van der Waals surface area contributed by atoms with Crippen molar-refractivity contribution in [3.63, 3.8) is 0 Å². The maximum atomic E-state index is 12.1. The Labute approximate surface area is 121 Å². The Morgan fingerprint density at radius 3 is 2.68 bits per heavy atom. The molecule has 0 aliphatic heterocycles. The number of benzene rings is 1. The third kappa shape index (κ3) is 3.96. The predicted octanol–water partition coefficient (Wildman–Crippen LogP) is 2.26. The van der Waals surface area contributed by atoms with Crippen LogP contribution in [0.1, 0.15) is 29.8 Å². The lowest BCUT2D eigenvalue weighted by Crippen LogP contribution is -2.42. The number of aryl methyl sites for hydroxylation is 1. The van der Waals surface area contributed by atoms with Crippen LogP contribution in [-0.2, 0) is 0 Å². The molecule has 1 aromatic carbocycles. The van der Waals surface area contributed by atoms with Crippen molar-refractivity contribution in [2.45, 2.75) is 20.8 Å². The number of oxime groups is 1. The highest BCUT2D eigenvalue weighted by Gasteiger charge is 2.24. The van der Waals surface area contributed by atoms with Crippen LogP contribution in [0.15, 0.2) is 27.8 Å². The Balaban J connectivity index is 2.76. The Bertz CT molecular complexity index is 513. The second kappa shape index (κ2) is 6.06. The van der Waals surface area contributed by atoms with E-state index in [0.717, 1.165) is 10.0 Å². The molecule has 0 aromatic heterocycles. The molecular weight excluding hydrogens is 310 g/mol. The highest BCUT2D eigenvalue weighted by Crippen LogP contribution is 2.19. The minimum atomic E-state index is -0.610. The molecule has 0 spiro atoms. The van der Waals surface area contributed by atoms with E-state index < -0.39 is 5.41 Å². The van der Waals surface area contributed by atoms with Gasteiger partial charge in [0.05, 0.1) is 5.56 Å². The van der Waals surface area contributed by atoms with Gasteiger partial charge in [0.15, 0.2) is 0 Å². The molecule has 19 heavy (non-hydrogen) atoms. The number of carbonyl (C=O) groups excluding carboxylic acids is 1. The van der Waals surface area contributed by atoms with Gasteiger partial charge in [-0.1, -0.05) is 25.1 Å². The van der Waals surface area contributed by atoms with Gasteiger partial charge in [-0.2, -0.15) is 0 Å². The van der Waals surface area contributed by atoms with Crippen molar-refractivity contribution in [2.24, 2.45) is 16.3 Å². The number of carbonyl (C=O) groups is 1. The van der Waals surface area contributed by atoms with Gasteiger partial charge < -0.3 is 16.3 Å². The molecule has 0 aliphatic carbocycles. The SMILES string of the molecule is Cc1ccc(C(=O)NCC(C)(C)/C(N)=N/O)c(Br)c1. The van der Waals surface area contributed by atoms with E-state index in [-0.39, 0.29) is 18.3 Å². The maximum Gasteiger partial charge on any atom is 0.252 e. The Hall–Kier alpha value is -1.56. The van der Waals surface area contributed by atoms with Gasteiger partial charge in [0.2, 0.25) is 0 Å². The zero-order valence-corrected chi connectivity index (χ0v) is 12.8. The van der Waals surface area contributed by atoms with Crippen LogP contribution in [0.5, 0.6) is 0 Å². The number of amidine groups is 1. The summed E-state index contributed by atoms with van der Waals surface area (Å²) in [7, 11) is 0. The second-order valence-electron chi connectivity index (χ2n) is 5.04. The smallest absolute Gasteiger partial charge is 0.252 e. The van der Waals surface area contributed by atoms with Crippen LogP contribution in [0.4, 0.5) is 0 Å². The van der Waals surface area contributed by atoms with Gasteiger partial charge >= 0.3 is 0 Å². The number of halogens is 1. The minimum absolute atomic E-state index is 0.0794. The summed E-state index contributed by atoms with van der Waals surface area (Å²) in [6.07, 6.45) is 0. The first-order chi connectivity index (χ1) is 8.77. The van der Waals surface area contributed by atoms with Gasteiger partial charge in [-0.3, -0.25) is 4.79 Å². The first-order valence-corrected chi connectivity index (χ1v) is 6.59. The molecule has 0 atom stereocenters. The molecule has 0 radical (unpaired) electrons. The van der Waals surface area contributed by atoms with Crippen LogP contribution in [0, 0.1) is 12.3 Å². The van der Waals surface area contributed by atoms with Crippen LogP contribution in [0.25, 0.3) is 0 Å². The van der Waals surface area contributed by atoms with Crippen molar-refractivity contribution in [3.8, 4) is 0 Å². The number of hydrogen-bond acceptors (Lipinski definition) is 3. The van der Waals surface area contributed by atoms with Gasteiger partial charge in [-0.05, 0) is 40.5 Å². The van der Waals surface area contributed by atoms with Crippen LogP contribution in [0.3, 0.4) is 0 Å². The lowest BCUT2D eigenvalue weighted by atomic mass is 9.92. The van der Waals surface area contributed by atoms with Gasteiger partial charge in [-0.15, -0.1) is 0 Å². The Morgan fingerprint density at radius 1 is 1.53 bits per heavy atom. The van der Waals surface area contributed by atoms with E-state index in [4.69, 9.17) is 10.9 Å². The topological polar surface area (TPSA) is 87.7 Å². The molecule has 0 bridgehead atoms. The molecule has 0 unspecified atom stereocenters. The van der Waals surface area contributed by atoms with Crippen molar-refractivity contribution < 1.29 is 10.0 Å². The van der Waals surface area contributed by atoms with Crippen molar-refractivity contribution in [3.05, 3.63) is 33.8 Å². The summed E-state index contributed by atoms with van der Waals surface area (Å²) in [6.45, 7) is 5.80. The minimum Gasteiger partial charge on any atom is -0.409 e. The lowest BCUT2D eigenvalue weighted by molar-refractivity contribution is 0.0943. The number of nitrogens with two attached hydrogens (primary N) is 1. The highest BCUT2D eigenvalue weighted by atomic mass is 79.9. The molecule has 0 fully saturated rings. The monoisotopic (exact) mass is 327 g/mol. The Morgan fingerprint density at radius 2 is 2.16 bits per heavy atom. The number of nitrogens with zero attached hydrogens (tertiary/aromatic N) is 1. The molecule has 0 saturated heterocycles. The third-order valence-corrected chi connectivity index (χ3v) is 3.52. The van der Waals surface area contributed by atoms with Crippen LogP contribution in [-0.4, -0.2) is 23.5 Å². The molecule has 4 N–H and O–H groups in total. The quantitative estimate of drug-likeness (QED) is 0.343. The van der Waals surface area contributed by atoms with E-state index in [0.29, 0.717) is 5.56 Å². The number of hydrogen-bond donors (Lipinski definition) is 3. The number of amides is 1. The maximum absolute atomic E-state index is 12.1. The van der Waals surface area contributed by atoms with Gasteiger partial charge in [0.25, 0.3) is 5.91 Å². The summed E-state index contributed by atoms with van der Waals surface area (Å²) in [4.78, 5) is 12.1. The number of rotatable bonds is 4. The molecule has 1 amide bonds. The number of nitrogens with one attached hydrogen (secondary N) is 1.